The molecule has 3 N–H and O–H groups in total. The molecular weight excluding hydrogens is 172 g/mol. The molecule has 0 saturated heterocycles. The molecule has 0 radical (unpaired) electrons. The molecule has 0 bridgehead atoms. The Balaban J connectivity index is 2.70. The van der Waals surface area contributed by atoms with E-state index in [1.807, 2.05) is 12.1 Å². The number of H-pyrrole nitrogens is 1. The Morgan fingerprint density at radius 3 is 2.57 bits per heavy atom. The lowest BCUT2D eigenvalue weighted by Crippen LogP contribution is -2.09. The van der Waals surface area contributed by atoms with E-state index in [-0.39, 0.29) is 5.41 Å². The summed E-state index contributed by atoms with van der Waals surface area (Å²) in [5.41, 5.74) is 9.16. The van der Waals surface area contributed by atoms with Gasteiger partial charge in [0.1, 0.15) is 0 Å². The van der Waals surface area contributed by atoms with Crippen LogP contribution in [0.1, 0.15) is 26.3 Å². The molecule has 2 nitrogen and oxygen atoms in total. The molecule has 0 aliphatic rings. The van der Waals surface area contributed by atoms with Crippen LogP contribution in [-0.2, 0) is 5.41 Å². The summed E-state index contributed by atoms with van der Waals surface area (Å²) in [5.74, 6) is 0. The van der Waals surface area contributed by atoms with Gasteiger partial charge in [0.25, 0.3) is 0 Å². The summed E-state index contributed by atoms with van der Waals surface area (Å²) in [6.45, 7) is 6.64. The molecule has 0 spiro atoms. The third kappa shape index (κ3) is 1.37. The molecule has 0 aliphatic carbocycles. The number of fused-ring (bicyclic) bond motifs is 1. The van der Waals surface area contributed by atoms with Gasteiger partial charge in [-0.15, -0.1) is 0 Å². The monoisotopic (exact) mass is 188 g/mol. The van der Waals surface area contributed by atoms with E-state index in [0.717, 1.165) is 11.2 Å². The van der Waals surface area contributed by atoms with E-state index in [1.165, 1.54) is 10.9 Å². The van der Waals surface area contributed by atoms with Crippen molar-refractivity contribution in [1.82, 2.24) is 4.98 Å². The number of aromatic amines is 1. The maximum atomic E-state index is 5.72. The maximum Gasteiger partial charge on any atom is 0.0477 e. The minimum absolute atomic E-state index is 0.175. The number of nitrogen functional groups attached to an aromatic ring is 1. The molecule has 14 heavy (non-hydrogen) atoms. The molecule has 0 saturated carbocycles. The second-order valence-electron chi connectivity index (χ2n) is 4.76. The fraction of sp³-hybridized carbons (Fsp3) is 0.333. The van der Waals surface area contributed by atoms with Gasteiger partial charge in [-0.2, -0.15) is 0 Å². The molecule has 0 aliphatic heterocycles. The number of benzene rings is 1. The lowest BCUT2D eigenvalue weighted by molar-refractivity contribution is 0.596. The minimum Gasteiger partial charge on any atom is -0.399 e. The highest BCUT2D eigenvalue weighted by atomic mass is 14.7. The van der Waals surface area contributed by atoms with E-state index in [9.17, 15) is 0 Å². The Bertz CT molecular complexity index is 461. The van der Waals surface area contributed by atoms with Gasteiger partial charge in [0.05, 0.1) is 0 Å². The van der Waals surface area contributed by atoms with Crippen molar-refractivity contribution in [2.24, 2.45) is 0 Å². The van der Waals surface area contributed by atoms with Crippen LogP contribution in [0.4, 0.5) is 5.69 Å². The van der Waals surface area contributed by atoms with Crippen molar-refractivity contribution in [2.45, 2.75) is 26.2 Å². The topological polar surface area (TPSA) is 41.8 Å². The third-order valence-corrected chi connectivity index (χ3v) is 2.51. The van der Waals surface area contributed by atoms with E-state index in [0.29, 0.717) is 0 Å². The van der Waals surface area contributed by atoms with Crippen molar-refractivity contribution in [3.8, 4) is 0 Å². The molecule has 2 aromatic rings. The van der Waals surface area contributed by atoms with Crippen molar-refractivity contribution >= 4 is 16.6 Å². The van der Waals surface area contributed by atoms with Crippen LogP contribution in [0.25, 0.3) is 10.9 Å². The number of anilines is 1. The summed E-state index contributed by atoms with van der Waals surface area (Å²) >= 11 is 0. The summed E-state index contributed by atoms with van der Waals surface area (Å²) in [7, 11) is 0. The number of rotatable bonds is 0. The summed E-state index contributed by atoms with van der Waals surface area (Å²) in [6, 6.07) is 6.01. The number of aromatic nitrogens is 1. The van der Waals surface area contributed by atoms with Crippen LogP contribution in [0.5, 0.6) is 0 Å². The lowest BCUT2D eigenvalue weighted by atomic mass is 9.87. The van der Waals surface area contributed by atoms with Crippen LogP contribution >= 0.6 is 0 Å². The van der Waals surface area contributed by atoms with Gasteiger partial charge < -0.3 is 10.7 Å². The van der Waals surface area contributed by atoms with Crippen LogP contribution in [0.2, 0.25) is 0 Å². The zero-order chi connectivity index (χ0) is 10.3. The van der Waals surface area contributed by atoms with Crippen LogP contribution in [0, 0.1) is 0 Å². The number of nitrogens with two attached hydrogens (primary N) is 1. The number of hydrogen-bond acceptors (Lipinski definition) is 1. The predicted molar refractivity (Wildman–Crippen MR) is 61.4 cm³/mol. The zero-order valence-corrected chi connectivity index (χ0v) is 8.89. The van der Waals surface area contributed by atoms with Crippen molar-refractivity contribution in [1.29, 1.82) is 0 Å². The maximum absolute atomic E-state index is 5.72. The SMILES string of the molecule is CC(C)(C)c1c[nH]c2cc(N)ccc12. The van der Waals surface area contributed by atoms with Crippen molar-refractivity contribution < 1.29 is 0 Å². The van der Waals surface area contributed by atoms with E-state index < -0.39 is 0 Å². The summed E-state index contributed by atoms with van der Waals surface area (Å²) in [6.07, 6.45) is 2.07. The van der Waals surface area contributed by atoms with Crippen molar-refractivity contribution in [3.05, 3.63) is 30.0 Å². The van der Waals surface area contributed by atoms with Crippen molar-refractivity contribution in [2.75, 3.05) is 5.73 Å². The molecule has 2 rings (SSSR count). The first-order valence-electron chi connectivity index (χ1n) is 4.85. The quantitative estimate of drug-likeness (QED) is 0.613. The van der Waals surface area contributed by atoms with Gasteiger partial charge in [-0.1, -0.05) is 26.8 Å². The van der Waals surface area contributed by atoms with E-state index in [1.54, 1.807) is 0 Å². The normalized spacial score (nSPS) is 12.2. The molecule has 0 amide bonds. The largest absolute Gasteiger partial charge is 0.399 e. The van der Waals surface area contributed by atoms with Gasteiger partial charge >= 0.3 is 0 Å². The number of nitrogens with one attached hydrogen (secondary N) is 1. The van der Waals surface area contributed by atoms with Gasteiger partial charge in [-0.3, -0.25) is 0 Å². The Hall–Kier alpha value is -1.44. The molecule has 0 fully saturated rings. The molecule has 1 heterocycles. The number of hydrogen-bond donors (Lipinski definition) is 2. The van der Waals surface area contributed by atoms with Crippen LogP contribution in [0.3, 0.4) is 0 Å². The van der Waals surface area contributed by atoms with Gasteiger partial charge in [0.2, 0.25) is 0 Å². The molecular formula is C12H16N2. The standard InChI is InChI=1S/C12H16N2/c1-12(2,3)10-7-14-11-6-8(13)4-5-9(10)11/h4-7,14H,13H2,1-3H3. The fourth-order valence-corrected chi connectivity index (χ4v) is 1.76. The van der Waals surface area contributed by atoms with E-state index >= 15 is 0 Å². The average molecular weight is 188 g/mol. The first kappa shape index (κ1) is 9.13. The zero-order valence-electron chi connectivity index (χ0n) is 8.89. The Morgan fingerprint density at radius 1 is 1.21 bits per heavy atom. The first-order chi connectivity index (χ1) is 6.48. The van der Waals surface area contributed by atoms with Gasteiger partial charge in [-0.25, -0.2) is 0 Å². The van der Waals surface area contributed by atoms with Crippen LogP contribution in [0.15, 0.2) is 24.4 Å². The molecule has 0 unspecified atom stereocenters. The Labute approximate surface area is 84.1 Å². The molecule has 0 atom stereocenters. The molecule has 1 aromatic heterocycles. The highest BCUT2D eigenvalue weighted by molar-refractivity contribution is 5.86. The van der Waals surface area contributed by atoms with Gasteiger partial charge in [0, 0.05) is 22.8 Å². The fourth-order valence-electron chi connectivity index (χ4n) is 1.76. The molecule has 2 heteroatoms. The highest BCUT2D eigenvalue weighted by Gasteiger charge is 2.17. The molecule has 1 aromatic carbocycles. The predicted octanol–water partition coefficient (Wildman–Crippen LogP) is 3.05. The van der Waals surface area contributed by atoms with Crippen molar-refractivity contribution in [3.63, 3.8) is 0 Å². The van der Waals surface area contributed by atoms with E-state index in [2.05, 4.69) is 38.0 Å². The highest BCUT2D eigenvalue weighted by Crippen LogP contribution is 2.30. The summed E-state index contributed by atoms with van der Waals surface area (Å²) in [4.78, 5) is 3.26. The second kappa shape index (κ2) is 2.77. The minimum atomic E-state index is 0.175. The first-order valence-corrected chi connectivity index (χ1v) is 4.85. The summed E-state index contributed by atoms with van der Waals surface area (Å²) < 4.78 is 0. The van der Waals surface area contributed by atoms with Crippen LogP contribution < -0.4 is 5.73 Å². The molecule has 74 valence electrons. The smallest absolute Gasteiger partial charge is 0.0477 e. The van der Waals surface area contributed by atoms with Crippen LogP contribution in [-0.4, -0.2) is 4.98 Å². The Morgan fingerprint density at radius 2 is 1.93 bits per heavy atom. The average Bonchev–Trinajstić information content (AvgIpc) is 2.45. The second-order valence-corrected chi connectivity index (χ2v) is 4.76. The summed E-state index contributed by atoms with van der Waals surface area (Å²) in [5, 5.41) is 1.27. The van der Waals surface area contributed by atoms with Gasteiger partial charge in [-0.05, 0) is 23.1 Å². The Kier molecular flexibility index (Phi) is 1.81. The van der Waals surface area contributed by atoms with E-state index in [4.69, 9.17) is 5.73 Å². The van der Waals surface area contributed by atoms with Gasteiger partial charge in [0.15, 0.2) is 0 Å². The third-order valence-electron chi connectivity index (χ3n) is 2.51. The lowest BCUT2D eigenvalue weighted by Gasteiger charge is -2.17.